The van der Waals surface area contributed by atoms with Crippen LogP contribution in [0.5, 0.6) is 0 Å². The van der Waals surface area contributed by atoms with Gasteiger partial charge in [0.1, 0.15) is 0 Å². The van der Waals surface area contributed by atoms with Crippen LogP contribution in [0.25, 0.3) is 0 Å². The minimum atomic E-state index is -0.477. The number of halogens is 2. The van der Waals surface area contributed by atoms with Crippen LogP contribution in [0.1, 0.15) is 5.56 Å². The molecule has 0 bridgehead atoms. The Bertz CT molecular complexity index is 543. The van der Waals surface area contributed by atoms with Crippen LogP contribution in [0.3, 0.4) is 0 Å². The van der Waals surface area contributed by atoms with E-state index in [1.165, 1.54) is 6.07 Å². The zero-order valence-corrected chi connectivity index (χ0v) is 10.8. The molecule has 2 rings (SSSR count). The largest absolute Gasteiger partial charge is 0.397 e. The van der Waals surface area contributed by atoms with Crippen molar-refractivity contribution in [2.75, 3.05) is 17.7 Å². The van der Waals surface area contributed by atoms with Gasteiger partial charge in [0, 0.05) is 13.6 Å². The summed E-state index contributed by atoms with van der Waals surface area (Å²) in [5, 5.41) is 0.0825. The van der Waals surface area contributed by atoms with E-state index < -0.39 is 5.82 Å². The van der Waals surface area contributed by atoms with Crippen molar-refractivity contribution >= 4 is 23.0 Å². The van der Waals surface area contributed by atoms with E-state index in [4.69, 9.17) is 17.3 Å². The van der Waals surface area contributed by atoms with Crippen LogP contribution < -0.4 is 10.6 Å². The minimum absolute atomic E-state index is 0.0825. The van der Waals surface area contributed by atoms with Gasteiger partial charge in [-0.2, -0.15) is 0 Å². The van der Waals surface area contributed by atoms with E-state index in [9.17, 15) is 4.39 Å². The van der Waals surface area contributed by atoms with Crippen LogP contribution in [0.15, 0.2) is 42.5 Å². The highest BCUT2D eigenvalue weighted by atomic mass is 35.5. The topological polar surface area (TPSA) is 29.3 Å². The summed E-state index contributed by atoms with van der Waals surface area (Å²) in [7, 11) is 1.79. The molecule has 0 aliphatic carbocycles. The first-order valence-corrected chi connectivity index (χ1v) is 5.96. The van der Waals surface area contributed by atoms with Crippen LogP contribution in [0.4, 0.5) is 15.8 Å². The summed E-state index contributed by atoms with van der Waals surface area (Å²) in [5.41, 5.74) is 7.61. The highest BCUT2D eigenvalue weighted by Gasteiger charge is 2.14. The van der Waals surface area contributed by atoms with Gasteiger partial charge >= 0.3 is 0 Å². The summed E-state index contributed by atoms with van der Waals surface area (Å²) in [5.74, 6) is -0.477. The number of hydrogen-bond donors (Lipinski definition) is 1. The summed E-state index contributed by atoms with van der Waals surface area (Å²) >= 11 is 5.78. The fourth-order valence-corrected chi connectivity index (χ4v) is 2.03. The molecule has 0 unspecified atom stereocenters. The number of nitrogen functional groups attached to an aromatic ring is 1. The second kappa shape index (κ2) is 5.27. The fraction of sp³-hybridized carbons (Fsp3) is 0.143. The zero-order valence-electron chi connectivity index (χ0n) is 10.0. The smallest absolute Gasteiger partial charge is 0.167 e. The number of rotatable bonds is 3. The highest BCUT2D eigenvalue weighted by Crippen LogP contribution is 2.31. The van der Waals surface area contributed by atoms with Gasteiger partial charge in [0.2, 0.25) is 0 Å². The molecule has 2 aromatic carbocycles. The number of hydrogen-bond acceptors (Lipinski definition) is 2. The van der Waals surface area contributed by atoms with Gasteiger partial charge in [-0.15, -0.1) is 0 Å². The lowest BCUT2D eigenvalue weighted by atomic mass is 10.2. The Morgan fingerprint density at radius 2 is 1.83 bits per heavy atom. The maximum atomic E-state index is 14.0. The van der Waals surface area contributed by atoms with Crippen molar-refractivity contribution in [3.63, 3.8) is 0 Å². The fourth-order valence-electron chi connectivity index (χ4n) is 1.88. The molecule has 94 valence electrons. The molecular weight excluding hydrogens is 251 g/mol. The lowest BCUT2D eigenvalue weighted by Gasteiger charge is -2.22. The molecule has 0 aliphatic heterocycles. The molecule has 0 aromatic heterocycles. The molecule has 2 N–H and O–H groups in total. The molecule has 0 saturated heterocycles. The van der Waals surface area contributed by atoms with E-state index in [-0.39, 0.29) is 5.02 Å². The van der Waals surface area contributed by atoms with Crippen LogP contribution in [-0.2, 0) is 6.54 Å². The van der Waals surface area contributed by atoms with E-state index >= 15 is 0 Å². The Hall–Kier alpha value is -1.74. The Labute approximate surface area is 111 Å². The molecule has 0 atom stereocenters. The molecule has 4 heteroatoms. The zero-order chi connectivity index (χ0) is 13.1. The van der Waals surface area contributed by atoms with Crippen molar-refractivity contribution in [1.82, 2.24) is 0 Å². The lowest BCUT2D eigenvalue weighted by Crippen LogP contribution is -2.19. The molecule has 2 aromatic rings. The van der Waals surface area contributed by atoms with E-state index in [0.29, 0.717) is 17.9 Å². The van der Waals surface area contributed by atoms with E-state index in [0.717, 1.165) is 5.56 Å². The predicted molar refractivity (Wildman–Crippen MR) is 74.4 cm³/mol. The molecule has 0 heterocycles. The molecule has 0 fully saturated rings. The summed E-state index contributed by atoms with van der Waals surface area (Å²) in [6, 6.07) is 12.9. The summed E-state index contributed by atoms with van der Waals surface area (Å²) in [4.78, 5) is 1.76. The first-order valence-electron chi connectivity index (χ1n) is 5.58. The van der Waals surface area contributed by atoms with Crippen LogP contribution >= 0.6 is 11.6 Å². The highest BCUT2D eigenvalue weighted by molar-refractivity contribution is 6.31. The van der Waals surface area contributed by atoms with Gasteiger partial charge in [0.25, 0.3) is 0 Å². The maximum Gasteiger partial charge on any atom is 0.167 e. The molecule has 0 saturated carbocycles. The monoisotopic (exact) mass is 264 g/mol. The number of benzene rings is 2. The Balaban J connectivity index is 2.29. The molecule has 0 spiro atoms. The van der Waals surface area contributed by atoms with Gasteiger partial charge in [-0.3, -0.25) is 0 Å². The van der Waals surface area contributed by atoms with Crippen molar-refractivity contribution in [3.8, 4) is 0 Å². The van der Waals surface area contributed by atoms with E-state index in [1.807, 2.05) is 30.3 Å². The van der Waals surface area contributed by atoms with Gasteiger partial charge in [-0.25, -0.2) is 4.39 Å². The Morgan fingerprint density at radius 3 is 2.50 bits per heavy atom. The predicted octanol–water partition coefficient (Wildman–Crippen LogP) is 3.70. The SMILES string of the molecule is CN(Cc1ccccc1)c1c(N)ccc(Cl)c1F. The number of anilines is 2. The van der Waals surface area contributed by atoms with Crippen LogP contribution in [0, 0.1) is 5.82 Å². The first kappa shape index (κ1) is 12.7. The van der Waals surface area contributed by atoms with E-state index in [2.05, 4.69) is 0 Å². The third-order valence-corrected chi connectivity index (χ3v) is 3.04. The molecule has 0 aliphatic rings. The number of nitrogens with two attached hydrogens (primary N) is 1. The van der Waals surface area contributed by atoms with Crippen LogP contribution in [0.2, 0.25) is 5.02 Å². The normalized spacial score (nSPS) is 10.4. The van der Waals surface area contributed by atoms with Crippen molar-refractivity contribution in [2.45, 2.75) is 6.54 Å². The molecule has 0 radical (unpaired) electrons. The number of nitrogens with zero attached hydrogens (tertiary/aromatic N) is 1. The molecule has 2 nitrogen and oxygen atoms in total. The molecule has 18 heavy (non-hydrogen) atoms. The standard InChI is InChI=1S/C14H14ClFN2/c1-18(9-10-5-3-2-4-6-10)14-12(17)8-7-11(15)13(14)16/h2-8H,9,17H2,1H3. The van der Waals surface area contributed by atoms with Crippen LogP contribution in [-0.4, -0.2) is 7.05 Å². The van der Waals surface area contributed by atoms with Gasteiger partial charge in [0.15, 0.2) is 5.82 Å². The quantitative estimate of drug-likeness (QED) is 0.857. The van der Waals surface area contributed by atoms with Crippen molar-refractivity contribution < 1.29 is 4.39 Å². The summed E-state index contributed by atoms with van der Waals surface area (Å²) in [6.07, 6.45) is 0. The Kier molecular flexibility index (Phi) is 3.72. The first-order chi connectivity index (χ1) is 8.59. The average Bonchev–Trinajstić information content (AvgIpc) is 2.36. The third kappa shape index (κ3) is 2.57. The third-order valence-electron chi connectivity index (χ3n) is 2.74. The molecular formula is C14H14ClFN2. The van der Waals surface area contributed by atoms with Gasteiger partial charge in [-0.1, -0.05) is 41.9 Å². The Morgan fingerprint density at radius 1 is 1.17 bits per heavy atom. The van der Waals surface area contributed by atoms with E-state index in [1.54, 1.807) is 18.0 Å². The minimum Gasteiger partial charge on any atom is -0.397 e. The summed E-state index contributed by atoms with van der Waals surface area (Å²) < 4.78 is 14.0. The van der Waals surface area contributed by atoms with Crippen molar-refractivity contribution in [1.29, 1.82) is 0 Å². The summed E-state index contributed by atoms with van der Waals surface area (Å²) in [6.45, 7) is 0.572. The van der Waals surface area contributed by atoms with Gasteiger partial charge in [0.05, 0.1) is 16.4 Å². The second-order valence-corrected chi connectivity index (χ2v) is 4.55. The van der Waals surface area contributed by atoms with Gasteiger partial charge < -0.3 is 10.6 Å². The average molecular weight is 265 g/mol. The van der Waals surface area contributed by atoms with Crippen molar-refractivity contribution in [3.05, 3.63) is 58.9 Å². The van der Waals surface area contributed by atoms with Gasteiger partial charge in [-0.05, 0) is 17.7 Å². The molecule has 0 amide bonds. The second-order valence-electron chi connectivity index (χ2n) is 4.14. The lowest BCUT2D eigenvalue weighted by molar-refractivity contribution is 0.623. The maximum absolute atomic E-state index is 14.0. The van der Waals surface area contributed by atoms with Crippen molar-refractivity contribution in [2.24, 2.45) is 0 Å².